The van der Waals surface area contributed by atoms with Crippen molar-refractivity contribution in [3.8, 4) is 0 Å². The fourth-order valence-electron chi connectivity index (χ4n) is 3.95. The number of fused-ring (bicyclic) bond motifs is 1. The molecule has 1 saturated carbocycles. The van der Waals surface area contributed by atoms with Crippen LogP contribution in [0.3, 0.4) is 0 Å². The minimum atomic E-state index is 0.589. The van der Waals surface area contributed by atoms with E-state index in [1.165, 1.54) is 58.0 Å². The van der Waals surface area contributed by atoms with E-state index in [2.05, 4.69) is 17.9 Å². The molecule has 2 aliphatic carbocycles. The van der Waals surface area contributed by atoms with Crippen molar-refractivity contribution >= 4 is 0 Å². The van der Waals surface area contributed by atoms with Crippen molar-refractivity contribution in [2.24, 2.45) is 5.41 Å². The van der Waals surface area contributed by atoms with Crippen LogP contribution in [0.4, 0.5) is 0 Å². The Morgan fingerprint density at radius 2 is 2.07 bits per heavy atom. The van der Waals surface area contributed by atoms with Gasteiger partial charge in [0, 0.05) is 6.04 Å². The third-order valence-corrected chi connectivity index (χ3v) is 4.90. The summed E-state index contributed by atoms with van der Waals surface area (Å²) in [7, 11) is 0. The fraction of sp³-hybridized carbons (Fsp3) is 0.857. The number of hydrogen-bond donors (Lipinski definition) is 0. The number of hydrogen-bond acceptors (Lipinski definition) is 1. The molecule has 1 aliphatic heterocycles. The molecule has 0 aromatic rings. The molecule has 0 aromatic carbocycles. The van der Waals surface area contributed by atoms with E-state index in [0.717, 1.165) is 6.04 Å². The zero-order valence-corrected chi connectivity index (χ0v) is 9.97. The highest BCUT2D eigenvalue weighted by Gasteiger charge is 2.42. The van der Waals surface area contributed by atoms with Gasteiger partial charge in [-0.05, 0) is 63.5 Å². The SMILES string of the molecule is C[C@]12CCCC=C1C[C@@H](N1CCCC1)C2. The van der Waals surface area contributed by atoms with E-state index < -0.39 is 0 Å². The molecule has 1 heterocycles. The Morgan fingerprint density at radius 3 is 2.80 bits per heavy atom. The van der Waals surface area contributed by atoms with Crippen LogP contribution in [0.5, 0.6) is 0 Å². The largest absolute Gasteiger partial charge is 0.300 e. The number of likely N-dealkylation sites (tertiary alicyclic amines) is 1. The van der Waals surface area contributed by atoms with Crippen LogP contribution in [0.25, 0.3) is 0 Å². The minimum absolute atomic E-state index is 0.589. The molecule has 84 valence electrons. The summed E-state index contributed by atoms with van der Waals surface area (Å²) in [6.07, 6.45) is 12.5. The topological polar surface area (TPSA) is 3.24 Å². The van der Waals surface area contributed by atoms with Gasteiger partial charge >= 0.3 is 0 Å². The third kappa shape index (κ3) is 1.65. The van der Waals surface area contributed by atoms with Gasteiger partial charge in [0.15, 0.2) is 0 Å². The highest BCUT2D eigenvalue weighted by molar-refractivity contribution is 5.23. The Bertz CT molecular complexity index is 275. The van der Waals surface area contributed by atoms with E-state index in [-0.39, 0.29) is 0 Å². The van der Waals surface area contributed by atoms with E-state index in [1.54, 1.807) is 5.57 Å². The average molecular weight is 205 g/mol. The summed E-state index contributed by atoms with van der Waals surface area (Å²) >= 11 is 0. The van der Waals surface area contributed by atoms with Crippen LogP contribution in [-0.2, 0) is 0 Å². The molecule has 3 aliphatic rings. The van der Waals surface area contributed by atoms with Crippen LogP contribution in [0, 0.1) is 5.41 Å². The first-order chi connectivity index (χ1) is 7.28. The highest BCUT2D eigenvalue weighted by atomic mass is 15.2. The molecular formula is C14H23N. The second-order valence-electron chi connectivity index (χ2n) is 5.99. The maximum Gasteiger partial charge on any atom is 0.0141 e. The Labute approximate surface area is 93.5 Å². The average Bonchev–Trinajstić information content (AvgIpc) is 2.81. The van der Waals surface area contributed by atoms with Gasteiger partial charge in [-0.25, -0.2) is 0 Å². The lowest BCUT2D eigenvalue weighted by molar-refractivity contribution is 0.216. The Balaban J connectivity index is 1.75. The quantitative estimate of drug-likeness (QED) is 0.593. The van der Waals surface area contributed by atoms with Crippen molar-refractivity contribution in [2.45, 2.75) is 57.9 Å². The van der Waals surface area contributed by atoms with Gasteiger partial charge < -0.3 is 4.90 Å². The molecule has 0 radical (unpaired) electrons. The molecule has 0 unspecified atom stereocenters. The molecule has 15 heavy (non-hydrogen) atoms. The molecule has 1 heteroatoms. The molecule has 1 saturated heterocycles. The fourth-order valence-corrected chi connectivity index (χ4v) is 3.95. The van der Waals surface area contributed by atoms with Gasteiger partial charge in [0.25, 0.3) is 0 Å². The van der Waals surface area contributed by atoms with Crippen molar-refractivity contribution in [2.75, 3.05) is 13.1 Å². The number of nitrogens with zero attached hydrogens (tertiary/aromatic N) is 1. The van der Waals surface area contributed by atoms with E-state index in [4.69, 9.17) is 0 Å². The lowest BCUT2D eigenvalue weighted by Gasteiger charge is -2.30. The first-order valence-electron chi connectivity index (χ1n) is 6.71. The summed E-state index contributed by atoms with van der Waals surface area (Å²) in [6.45, 7) is 5.25. The predicted octanol–water partition coefficient (Wildman–Crippen LogP) is 3.36. The van der Waals surface area contributed by atoms with Crippen LogP contribution < -0.4 is 0 Å². The van der Waals surface area contributed by atoms with Crippen LogP contribution >= 0.6 is 0 Å². The number of allylic oxidation sites excluding steroid dienone is 1. The zero-order valence-electron chi connectivity index (χ0n) is 9.97. The molecule has 2 fully saturated rings. The maximum atomic E-state index is 2.75. The Hall–Kier alpha value is -0.300. The molecule has 2 atom stereocenters. The smallest absolute Gasteiger partial charge is 0.0141 e. The normalized spacial score (nSPS) is 41.7. The molecule has 3 rings (SSSR count). The van der Waals surface area contributed by atoms with Crippen LogP contribution in [0.1, 0.15) is 51.9 Å². The molecule has 0 bridgehead atoms. The summed E-state index contributed by atoms with van der Waals surface area (Å²) in [5.74, 6) is 0. The van der Waals surface area contributed by atoms with Gasteiger partial charge in [0.2, 0.25) is 0 Å². The van der Waals surface area contributed by atoms with E-state index >= 15 is 0 Å². The number of rotatable bonds is 1. The monoisotopic (exact) mass is 205 g/mol. The van der Waals surface area contributed by atoms with Gasteiger partial charge in [0.1, 0.15) is 0 Å². The van der Waals surface area contributed by atoms with Crippen molar-refractivity contribution in [1.82, 2.24) is 4.90 Å². The third-order valence-electron chi connectivity index (χ3n) is 4.90. The summed E-state index contributed by atoms with van der Waals surface area (Å²) < 4.78 is 0. The minimum Gasteiger partial charge on any atom is -0.300 e. The van der Waals surface area contributed by atoms with Crippen LogP contribution in [-0.4, -0.2) is 24.0 Å². The van der Waals surface area contributed by atoms with Gasteiger partial charge in [0.05, 0.1) is 0 Å². The van der Waals surface area contributed by atoms with Crippen LogP contribution in [0.15, 0.2) is 11.6 Å². The molecule has 0 amide bonds. The van der Waals surface area contributed by atoms with Crippen LogP contribution in [0.2, 0.25) is 0 Å². The molecule has 0 aromatic heterocycles. The van der Waals surface area contributed by atoms with Gasteiger partial charge in [-0.2, -0.15) is 0 Å². The summed E-state index contributed by atoms with van der Waals surface area (Å²) in [5, 5.41) is 0. The molecule has 0 N–H and O–H groups in total. The molecular weight excluding hydrogens is 182 g/mol. The van der Waals surface area contributed by atoms with E-state index in [9.17, 15) is 0 Å². The van der Waals surface area contributed by atoms with Gasteiger partial charge in [-0.15, -0.1) is 0 Å². The predicted molar refractivity (Wildman–Crippen MR) is 63.9 cm³/mol. The maximum absolute atomic E-state index is 2.75. The summed E-state index contributed by atoms with van der Waals surface area (Å²) in [6, 6.07) is 0.891. The van der Waals surface area contributed by atoms with Gasteiger partial charge in [-0.1, -0.05) is 18.6 Å². The molecule has 1 nitrogen and oxygen atoms in total. The second kappa shape index (κ2) is 3.62. The van der Waals surface area contributed by atoms with Crippen molar-refractivity contribution in [3.63, 3.8) is 0 Å². The Morgan fingerprint density at radius 1 is 1.27 bits per heavy atom. The molecule has 0 spiro atoms. The first-order valence-corrected chi connectivity index (χ1v) is 6.71. The van der Waals surface area contributed by atoms with E-state index in [0.29, 0.717) is 5.41 Å². The summed E-state index contributed by atoms with van der Waals surface area (Å²) in [5.41, 5.74) is 2.39. The van der Waals surface area contributed by atoms with E-state index in [1.807, 2.05) is 0 Å². The van der Waals surface area contributed by atoms with Crippen molar-refractivity contribution in [3.05, 3.63) is 11.6 Å². The van der Waals surface area contributed by atoms with Crippen molar-refractivity contribution in [1.29, 1.82) is 0 Å². The van der Waals surface area contributed by atoms with Crippen molar-refractivity contribution < 1.29 is 0 Å². The lowest BCUT2D eigenvalue weighted by atomic mass is 9.76. The highest BCUT2D eigenvalue weighted by Crippen LogP contribution is 2.50. The second-order valence-corrected chi connectivity index (χ2v) is 5.99. The zero-order chi connectivity index (χ0) is 10.3. The summed E-state index contributed by atoms with van der Waals surface area (Å²) in [4.78, 5) is 2.75. The standard InChI is InChI=1S/C14H23N/c1-14-7-3-2-6-12(14)10-13(11-14)15-8-4-5-9-15/h6,13H,2-5,7-11H2,1H3/t13-,14-/m1/s1. The Kier molecular flexibility index (Phi) is 2.39. The van der Waals surface area contributed by atoms with Gasteiger partial charge in [-0.3, -0.25) is 0 Å². The lowest BCUT2D eigenvalue weighted by Crippen LogP contribution is -2.31. The first kappa shape index (κ1) is 9.89.